The number of aromatic nitrogens is 1. The fourth-order valence-corrected chi connectivity index (χ4v) is 2.17. The highest BCUT2D eigenvalue weighted by Gasteiger charge is 2.26. The second-order valence-electron chi connectivity index (χ2n) is 4.29. The summed E-state index contributed by atoms with van der Waals surface area (Å²) in [7, 11) is 0. The third-order valence-electron chi connectivity index (χ3n) is 3.08. The molecule has 4 nitrogen and oxygen atoms in total. The quantitative estimate of drug-likeness (QED) is 0.804. The van der Waals surface area contributed by atoms with Crippen LogP contribution in [0.3, 0.4) is 0 Å². The minimum Gasteiger partial charge on any atom is -0.389 e. The van der Waals surface area contributed by atoms with Crippen molar-refractivity contribution >= 4 is 23.1 Å². The minimum absolute atomic E-state index is 0.00973. The van der Waals surface area contributed by atoms with E-state index in [1.807, 2.05) is 4.90 Å². The third-order valence-corrected chi connectivity index (χ3v) is 3.32. The minimum atomic E-state index is -0.00973. The summed E-state index contributed by atoms with van der Waals surface area (Å²) in [5.74, 6) is -0.00973. The van der Waals surface area contributed by atoms with Gasteiger partial charge in [-0.1, -0.05) is 12.2 Å². The third kappa shape index (κ3) is 2.44. The van der Waals surface area contributed by atoms with Gasteiger partial charge in [-0.3, -0.25) is 9.78 Å². The molecule has 1 aromatic rings. The molecule has 0 bridgehead atoms. The SMILES string of the molecule is CC1CCCN1C(=O)c1ccc(C(N)=S)cn1. The van der Waals surface area contributed by atoms with Crippen LogP contribution in [-0.2, 0) is 0 Å². The number of amides is 1. The lowest BCUT2D eigenvalue weighted by atomic mass is 10.2. The van der Waals surface area contributed by atoms with Gasteiger partial charge < -0.3 is 10.6 Å². The maximum Gasteiger partial charge on any atom is 0.272 e. The van der Waals surface area contributed by atoms with Crippen molar-refractivity contribution < 1.29 is 4.79 Å². The van der Waals surface area contributed by atoms with Crippen LogP contribution < -0.4 is 5.73 Å². The Morgan fingerprint density at radius 2 is 2.35 bits per heavy atom. The van der Waals surface area contributed by atoms with Gasteiger partial charge in [0.05, 0.1) is 0 Å². The summed E-state index contributed by atoms with van der Waals surface area (Å²) in [5, 5.41) is 0. The zero-order valence-corrected chi connectivity index (χ0v) is 10.5. The normalized spacial score (nSPS) is 19.4. The highest BCUT2D eigenvalue weighted by atomic mass is 32.1. The van der Waals surface area contributed by atoms with Gasteiger partial charge in [0.2, 0.25) is 0 Å². The molecule has 0 aliphatic carbocycles. The molecule has 0 aromatic carbocycles. The molecule has 1 unspecified atom stereocenters. The van der Waals surface area contributed by atoms with E-state index in [-0.39, 0.29) is 5.91 Å². The average molecular weight is 249 g/mol. The second kappa shape index (κ2) is 4.79. The summed E-state index contributed by atoms with van der Waals surface area (Å²) in [6.07, 6.45) is 3.69. The van der Waals surface area contributed by atoms with E-state index in [0.29, 0.717) is 22.3 Å². The molecule has 90 valence electrons. The van der Waals surface area contributed by atoms with E-state index in [1.54, 1.807) is 18.3 Å². The number of hydrogen-bond donors (Lipinski definition) is 1. The lowest BCUT2D eigenvalue weighted by Crippen LogP contribution is -2.34. The van der Waals surface area contributed by atoms with Gasteiger partial charge in [-0.05, 0) is 31.9 Å². The lowest BCUT2D eigenvalue weighted by molar-refractivity contribution is 0.0741. The maximum absolute atomic E-state index is 12.1. The number of carbonyl (C=O) groups is 1. The molecule has 2 N–H and O–H groups in total. The molecular formula is C12H15N3OS. The van der Waals surface area contributed by atoms with Crippen LogP contribution in [0.2, 0.25) is 0 Å². The molecule has 0 spiro atoms. The number of rotatable bonds is 2. The van der Waals surface area contributed by atoms with Gasteiger partial charge in [0.15, 0.2) is 0 Å². The first kappa shape index (κ1) is 12.0. The van der Waals surface area contributed by atoms with Gasteiger partial charge in [0.25, 0.3) is 5.91 Å². The summed E-state index contributed by atoms with van der Waals surface area (Å²) in [4.78, 5) is 18.4. The van der Waals surface area contributed by atoms with Gasteiger partial charge in [-0.25, -0.2) is 0 Å². The predicted octanol–water partition coefficient (Wildman–Crippen LogP) is 1.34. The Morgan fingerprint density at radius 1 is 1.59 bits per heavy atom. The van der Waals surface area contributed by atoms with Gasteiger partial charge in [-0.2, -0.15) is 0 Å². The fraction of sp³-hybridized carbons (Fsp3) is 0.417. The van der Waals surface area contributed by atoms with Gasteiger partial charge >= 0.3 is 0 Å². The van der Waals surface area contributed by atoms with Crippen molar-refractivity contribution in [3.05, 3.63) is 29.6 Å². The number of hydrogen-bond acceptors (Lipinski definition) is 3. The molecule has 0 radical (unpaired) electrons. The molecule has 5 heteroatoms. The highest BCUT2D eigenvalue weighted by Crippen LogP contribution is 2.18. The maximum atomic E-state index is 12.1. The van der Waals surface area contributed by atoms with Crippen molar-refractivity contribution in [1.29, 1.82) is 0 Å². The molecule has 1 atom stereocenters. The van der Waals surface area contributed by atoms with E-state index in [4.69, 9.17) is 18.0 Å². The standard InChI is InChI=1S/C12H15N3OS/c1-8-3-2-6-15(8)12(16)10-5-4-9(7-14-10)11(13)17/h4-5,7-8H,2-3,6H2,1H3,(H2,13,17). The average Bonchev–Trinajstić information content (AvgIpc) is 2.74. The Morgan fingerprint density at radius 3 is 2.82 bits per heavy atom. The first-order valence-electron chi connectivity index (χ1n) is 5.66. The van der Waals surface area contributed by atoms with Crippen molar-refractivity contribution in [3.8, 4) is 0 Å². The summed E-state index contributed by atoms with van der Waals surface area (Å²) >= 11 is 4.84. The monoisotopic (exact) mass is 249 g/mol. The van der Waals surface area contributed by atoms with E-state index in [2.05, 4.69) is 11.9 Å². The first-order valence-corrected chi connectivity index (χ1v) is 6.07. The van der Waals surface area contributed by atoms with Crippen molar-refractivity contribution in [2.75, 3.05) is 6.54 Å². The summed E-state index contributed by atoms with van der Waals surface area (Å²) in [6, 6.07) is 3.73. The number of nitrogens with two attached hydrogens (primary N) is 1. The van der Waals surface area contributed by atoms with Crippen molar-refractivity contribution in [2.45, 2.75) is 25.8 Å². The molecular weight excluding hydrogens is 234 g/mol. The van der Waals surface area contributed by atoms with Crippen molar-refractivity contribution in [3.63, 3.8) is 0 Å². The Hall–Kier alpha value is -1.49. The zero-order valence-electron chi connectivity index (χ0n) is 9.72. The number of pyridine rings is 1. The van der Waals surface area contributed by atoms with Crippen LogP contribution in [-0.4, -0.2) is 33.4 Å². The largest absolute Gasteiger partial charge is 0.389 e. The number of likely N-dealkylation sites (tertiary alicyclic amines) is 1. The molecule has 1 saturated heterocycles. The molecule has 2 rings (SSSR count). The topological polar surface area (TPSA) is 59.2 Å². The van der Waals surface area contributed by atoms with E-state index in [9.17, 15) is 4.79 Å². The molecule has 1 aromatic heterocycles. The highest BCUT2D eigenvalue weighted by molar-refractivity contribution is 7.80. The lowest BCUT2D eigenvalue weighted by Gasteiger charge is -2.20. The Kier molecular flexibility index (Phi) is 3.38. The number of carbonyl (C=O) groups excluding carboxylic acids is 1. The van der Waals surface area contributed by atoms with Crippen LogP contribution in [0.4, 0.5) is 0 Å². The number of nitrogens with zero attached hydrogens (tertiary/aromatic N) is 2. The summed E-state index contributed by atoms with van der Waals surface area (Å²) in [5.41, 5.74) is 6.62. The Balaban J connectivity index is 2.17. The second-order valence-corrected chi connectivity index (χ2v) is 4.73. The van der Waals surface area contributed by atoms with E-state index >= 15 is 0 Å². The van der Waals surface area contributed by atoms with Crippen LogP contribution in [0.15, 0.2) is 18.3 Å². The molecule has 1 fully saturated rings. The van der Waals surface area contributed by atoms with Crippen LogP contribution in [0.1, 0.15) is 35.8 Å². The predicted molar refractivity (Wildman–Crippen MR) is 69.9 cm³/mol. The van der Waals surface area contributed by atoms with E-state index < -0.39 is 0 Å². The summed E-state index contributed by atoms with van der Waals surface area (Å²) < 4.78 is 0. The van der Waals surface area contributed by atoms with Gasteiger partial charge in [0.1, 0.15) is 10.7 Å². The van der Waals surface area contributed by atoms with E-state index in [0.717, 1.165) is 19.4 Å². The van der Waals surface area contributed by atoms with E-state index in [1.165, 1.54) is 0 Å². The molecule has 1 aliphatic rings. The molecule has 1 aliphatic heterocycles. The van der Waals surface area contributed by atoms with Crippen LogP contribution >= 0.6 is 12.2 Å². The fourth-order valence-electron chi connectivity index (χ4n) is 2.05. The Bertz CT molecular complexity index is 444. The van der Waals surface area contributed by atoms with Gasteiger partial charge in [0, 0.05) is 24.3 Å². The van der Waals surface area contributed by atoms with Gasteiger partial charge in [-0.15, -0.1) is 0 Å². The first-order chi connectivity index (χ1) is 8.09. The molecule has 17 heavy (non-hydrogen) atoms. The van der Waals surface area contributed by atoms with Crippen LogP contribution in [0.25, 0.3) is 0 Å². The number of thiocarbonyl (C=S) groups is 1. The van der Waals surface area contributed by atoms with Crippen LogP contribution in [0, 0.1) is 0 Å². The molecule has 1 amide bonds. The molecule has 0 saturated carbocycles. The molecule has 2 heterocycles. The van der Waals surface area contributed by atoms with Crippen LogP contribution in [0.5, 0.6) is 0 Å². The Labute approximate surface area is 106 Å². The zero-order chi connectivity index (χ0) is 12.4. The van der Waals surface area contributed by atoms with Crippen molar-refractivity contribution in [1.82, 2.24) is 9.88 Å². The smallest absolute Gasteiger partial charge is 0.272 e. The summed E-state index contributed by atoms with van der Waals surface area (Å²) in [6.45, 7) is 2.88. The van der Waals surface area contributed by atoms with Crippen molar-refractivity contribution in [2.24, 2.45) is 5.73 Å².